The highest BCUT2D eigenvalue weighted by molar-refractivity contribution is 5.75. The quantitative estimate of drug-likeness (QED) is 0.812. The van der Waals surface area contributed by atoms with E-state index in [0.717, 1.165) is 42.7 Å². The van der Waals surface area contributed by atoms with E-state index in [4.69, 9.17) is 14.6 Å². The molecule has 1 fully saturated rings. The summed E-state index contributed by atoms with van der Waals surface area (Å²) in [5.41, 5.74) is 1.04. The lowest BCUT2D eigenvalue weighted by atomic mass is 9.69. The molecule has 0 saturated heterocycles. The van der Waals surface area contributed by atoms with E-state index in [0.29, 0.717) is 6.54 Å². The van der Waals surface area contributed by atoms with Crippen molar-refractivity contribution in [3.8, 4) is 11.5 Å². The Morgan fingerprint density at radius 2 is 1.92 bits per heavy atom. The molecule has 0 spiro atoms. The highest BCUT2D eigenvalue weighted by atomic mass is 16.7. The molecular formula is C19H26N2O5. The molecule has 2 N–H and O–H groups in total. The number of carboxylic acid groups (broad SMARTS) is 1. The van der Waals surface area contributed by atoms with Crippen LogP contribution in [0.3, 0.4) is 0 Å². The van der Waals surface area contributed by atoms with E-state index < -0.39 is 5.97 Å². The number of hydrogen-bond acceptors (Lipinski definition) is 4. The Kier molecular flexibility index (Phi) is 5.54. The van der Waals surface area contributed by atoms with Gasteiger partial charge in [-0.05, 0) is 30.5 Å². The summed E-state index contributed by atoms with van der Waals surface area (Å²) in [7, 11) is 1.62. The van der Waals surface area contributed by atoms with Gasteiger partial charge in [-0.25, -0.2) is 4.79 Å². The lowest BCUT2D eigenvalue weighted by Gasteiger charge is -2.38. The van der Waals surface area contributed by atoms with Gasteiger partial charge in [0.2, 0.25) is 6.79 Å². The van der Waals surface area contributed by atoms with Crippen molar-refractivity contribution in [2.75, 3.05) is 26.9 Å². The van der Waals surface area contributed by atoms with Gasteiger partial charge in [-0.15, -0.1) is 0 Å². The number of carbonyl (C=O) groups excluding carboxylic acids is 1. The first-order valence-corrected chi connectivity index (χ1v) is 9.11. The van der Waals surface area contributed by atoms with Gasteiger partial charge in [0, 0.05) is 25.6 Å². The molecule has 2 aliphatic rings. The molecule has 7 nitrogen and oxygen atoms in total. The van der Waals surface area contributed by atoms with Crippen molar-refractivity contribution in [1.29, 1.82) is 0 Å². The number of aliphatic carboxylic acids is 1. The van der Waals surface area contributed by atoms with Gasteiger partial charge in [-0.1, -0.05) is 25.3 Å². The number of carboxylic acids is 1. The first kappa shape index (κ1) is 18.4. The molecule has 2 amide bonds. The largest absolute Gasteiger partial charge is 0.481 e. The topological polar surface area (TPSA) is 88.1 Å². The summed E-state index contributed by atoms with van der Waals surface area (Å²) in [6.45, 7) is 0.970. The fourth-order valence-corrected chi connectivity index (χ4v) is 3.77. The fraction of sp³-hybridized carbons (Fsp3) is 0.579. The molecule has 142 valence electrons. The standard InChI is InChI=1S/C19H26N2O5/c1-21(10-7-17(22)23)18(24)20-12-19(8-3-2-4-9-19)14-5-6-15-16(11-14)26-13-25-15/h5-6,11H,2-4,7-10,12-13H2,1H3,(H,20,24)(H,22,23). The van der Waals surface area contributed by atoms with Crippen LogP contribution in [0.1, 0.15) is 44.1 Å². The lowest BCUT2D eigenvalue weighted by Crippen LogP contribution is -2.46. The summed E-state index contributed by atoms with van der Waals surface area (Å²) >= 11 is 0. The molecule has 1 saturated carbocycles. The second-order valence-electron chi connectivity index (χ2n) is 7.13. The van der Waals surface area contributed by atoms with Gasteiger partial charge in [0.25, 0.3) is 0 Å². The Morgan fingerprint density at radius 3 is 2.65 bits per heavy atom. The summed E-state index contributed by atoms with van der Waals surface area (Å²) in [4.78, 5) is 24.4. The first-order valence-electron chi connectivity index (χ1n) is 9.11. The van der Waals surface area contributed by atoms with Gasteiger partial charge >= 0.3 is 12.0 Å². The molecule has 26 heavy (non-hydrogen) atoms. The van der Waals surface area contributed by atoms with Crippen LogP contribution in [-0.4, -0.2) is 48.9 Å². The number of nitrogens with zero attached hydrogens (tertiary/aromatic N) is 1. The third kappa shape index (κ3) is 4.03. The number of urea groups is 1. The van der Waals surface area contributed by atoms with Crippen molar-refractivity contribution < 1.29 is 24.2 Å². The van der Waals surface area contributed by atoms with E-state index in [-0.39, 0.29) is 31.2 Å². The number of hydrogen-bond donors (Lipinski definition) is 2. The third-order valence-electron chi connectivity index (χ3n) is 5.38. The molecule has 1 aliphatic carbocycles. The minimum absolute atomic E-state index is 0.0583. The molecule has 1 heterocycles. The van der Waals surface area contributed by atoms with Crippen LogP contribution in [0.5, 0.6) is 11.5 Å². The Balaban J connectivity index is 1.70. The zero-order chi connectivity index (χ0) is 18.6. The minimum atomic E-state index is -0.909. The summed E-state index contributed by atoms with van der Waals surface area (Å²) in [6, 6.07) is 5.80. The molecule has 0 unspecified atom stereocenters. The fourth-order valence-electron chi connectivity index (χ4n) is 3.77. The van der Waals surface area contributed by atoms with Gasteiger partial charge in [0.05, 0.1) is 6.42 Å². The Labute approximate surface area is 153 Å². The molecule has 0 atom stereocenters. The van der Waals surface area contributed by atoms with Crippen LogP contribution in [0.25, 0.3) is 0 Å². The van der Waals surface area contributed by atoms with E-state index in [9.17, 15) is 9.59 Å². The molecule has 7 heteroatoms. The smallest absolute Gasteiger partial charge is 0.317 e. The number of amides is 2. The summed E-state index contributed by atoms with van der Waals surface area (Å²) in [5.74, 6) is 0.614. The molecule has 1 aromatic rings. The molecule has 0 aromatic heterocycles. The third-order valence-corrected chi connectivity index (χ3v) is 5.38. The number of ether oxygens (including phenoxy) is 2. The van der Waals surface area contributed by atoms with Crippen molar-refractivity contribution in [2.45, 2.75) is 43.9 Å². The predicted molar refractivity (Wildman–Crippen MR) is 95.6 cm³/mol. The Hall–Kier alpha value is -2.44. The van der Waals surface area contributed by atoms with E-state index in [1.165, 1.54) is 11.3 Å². The van der Waals surface area contributed by atoms with E-state index in [1.807, 2.05) is 12.1 Å². The molecule has 0 bridgehead atoms. The second-order valence-corrected chi connectivity index (χ2v) is 7.13. The SMILES string of the molecule is CN(CCC(=O)O)C(=O)NCC1(c2ccc3c(c2)OCO3)CCCCC1. The Morgan fingerprint density at radius 1 is 1.19 bits per heavy atom. The predicted octanol–water partition coefficient (Wildman–Crippen LogP) is 2.73. The van der Waals surface area contributed by atoms with Crippen LogP contribution < -0.4 is 14.8 Å². The van der Waals surface area contributed by atoms with Gasteiger partial charge < -0.3 is 24.8 Å². The van der Waals surface area contributed by atoms with Crippen LogP contribution in [0, 0.1) is 0 Å². The summed E-state index contributed by atoms with van der Waals surface area (Å²) in [5, 5.41) is 11.8. The zero-order valence-corrected chi connectivity index (χ0v) is 15.1. The Bertz CT molecular complexity index is 670. The van der Waals surface area contributed by atoms with Crippen molar-refractivity contribution in [1.82, 2.24) is 10.2 Å². The lowest BCUT2D eigenvalue weighted by molar-refractivity contribution is -0.137. The number of nitrogens with one attached hydrogen (secondary N) is 1. The highest BCUT2D eigenvalue weighted by Gasteiger charge is 2.35. The first-order chi connectivity index (χ1) is 12.5. The van der Waals surface area contributed by atoms with Crippen molar-refractivity contribution in [3.05, 3.63) is 23.8 Å². The van der Waals surface area contributed by atoms with Crippen LogP contribution in [0.2, 0.25) is 0 Å². The summed E-state index contributed by atoms with van der Waals surface area (Å²) < 4.78 is 10.9. The van der Waals surface area contributed by atoms with Crippen LogP contribution in [0.4, 0.5) is 4.79 Å². The van der Waals surface area contributed by atoms with Crippen LogP contribution in [-0.2, 0) is 10.2 Å². The normalized spacial score (nSPS) is 17.6. The van der Waals surface area contributed by atoms with Crippen LogP contribution in [0.15, 0.2) is 18.2 Å². The maximum atomic E-state index is 12.3. The maximum absolute atomic E-state index is 12.3. The monoisotopic (exact) mass is 362 g/mol. The summed E-state index contributed by atoms with van der Waals surface area (Å²) in [6.07, 6.45) is 5.41. The van der Waals surface area contributed by atoms with Gasteiger partial charge in [-0.2, -0.15) is 0 Å². The van der Waals surface area contributed by atoms with Crippen molar-refractivity contribution in [2.24, 2.45) is 0 Å². The number of benzene rings is 1. The number of carbonyl (C=O) groups is 2. The average Bonchev–Trinajstić information content (AvgIpc) is 3.12. The van der Waals surface area contributed by atoms with Crippen molar-refractivity contribution in [3.63, 3.8) is 0 Å². The average molecular weight is 362 g/mol. The highest BCUT2D eigenvalue weighted by Crippen LogP contribution is 2.43. The van der Waals surface area contributed by atoms with Crippen molar-refractivity contribution >= 4 is 12.0 Å². The van der Waals surface area contributed by atoms with Gasteiger partial charge in [0.15, 0.2) is 11.5 Å². The molecular weight excluding hydrogens is 336 g/mol. The van der Waals surface area contributed by atoms with Crippen LogP contribution >= 0.6 is 0 Å². The van der Waals surface area contributed by atoms with Gasteiger partial charge in [0.1, 0.15) is 0 Å². The molecule has 1 aliphatic heterocycles. The second kappa shape index (κ2) is 7.85. The van der Waals surface area contributed by atoms with E-state index in [1.54, 1.807) is 7.05 Å². The zero-order valence-electron chi connectivity index (χ0n) is 15.1. The van der Waals surface area contributed by atoms with E-state index >= 15 is 0 Å². The van der Waals surface area contributed by atoms with E-state index in [2.05, 4.69) is 11.4 Å². The number of rotatable bonds is 6. The maximum Gasteiger partial charge on any atom is 0.317 e. The molecule has 3 rings (SSSR count). The van der Waals surface area contributed by atoms with Gasteiger partial charge in [-0.3, -0.25) is 4.79 Å². The number of fused-ring (bicyclic) bond motifs is 1. The minimum Gasteiger partial charge on any atom is -0.481 e. The molecule has 1 aromatic carbocycles. The molecule has 0 radical (unpaired) electrons.